The van der Waals surface area contributed by atoms with E-state index in [9.17, 15) is 9.59 Å². The maximum atomic E-state index is 12.2. The van der Waals surface area contributed by atoms with Crippen molar-refractivity contribution in [3.05, 3.63) is 59.7 Å². The van der Waals surface area contributed by atoms with E-state index in [0.29, 0.717) is 12.2 Å². The number of benzene rings is 2. The van der Waals surface area contributed by atoms with E-state index in [4.69, 9.17) is 5.73 Å². The number of carbonyl (C=O) groups excluding carboxylic acids is 2. The van der Waals surface area contributed by atoms with Gasteiger partial charge in [-0.05, 0) is 41.8 Å². The summed E-state index contributed by atoms with van der Waals surface area (Å²) in [4.78, 5) is 25.5. The summed E-state index contributed by atoms with van der Waals surface area (Å²) in [5.74, 6) is -0.188. The lowest BCUT2D eigenvalue weighted by Crippen LogP contribution is -2.42. The minimum atomic E-state index is -0.389. The number of nitrogens with one attached hydrogen (secondary N) is 2. The first-order valence-electron chi connectivity index (χ1n) is 8.21. The second kappa shape index (κ2) is 8.73. The van der Waals surface area contributed by atoms with E-state index in [2.05, 4.69) is 17.6 Å². The lowest BCUT2D eigenvalue weighted by Gasteiger charge is -2.18. The first kappa shape index (κ1) is 18.3. The number of urea groups is 1. The molecule has 25 heavy (non-hydrogen) atoms. The summed E-state index contributed by atoms with van der Waals surface area (Å²) in [5.41, 5.74) is 9.23. The number of aryl methyl sites for hydroxylation is 1. The van der Waals surface area contributed by atoms with Crippen LogP contribution in [0.2, 0.25) is 0 Å². The van der Waals surface area contributed by atoms with Crippen LogP contribution in [-0.2, 0) is 17.8 Å². The van der Waals surface area contributed by atoms with Gasteiger partial charge in [0.2, 0.25) is 5.91 Å². The van der Waals surface area contributed by atoms with Crippen LogP contribution in [-0.4, -0.2) is 25.5 Å². The number of anilines is 2. The summed E-state index contributed by atoms with van der Waals surface area (Å²) in [6, 6.07) is 14.6. The number of hydrogen-bond donors (Lipinski definition) is 3. The summed E-state index contributed by atoms with van der Waals surface area (Å²) < 4.78 is 0. The van der Waals surface area contributed by atoms with Gasteiger partial charge < -0.3 is 21.3 Å². The molecule has 6 nitrogen and oxygen atoms in total. The quantitative estimate of drug-likeness (QED) is 0.705. The fourth-order valence-corrected chi connectivity index (χ4v) is 2.25. The van der Waals surface area contributed by atoms with E-state index >= 15 is 0 Å². The second-order valence-electron chi connectivity index (χ2n) is 5.75. The molecule has 6 heteroatoms. The number of hydrogen-bond acceptors (Lipinski definition) is 3. The number of nitrogens with two attached hydrogens (primary N) is 1. The molecule has 132 valence electrons. The third kappa shape index (κ3) is 5.53. The van der Waals surface area contributed by atoms with Gasteiger partial charge in [0.15, 0.2) is 0 Å². The summed E-state index contributed by atoms with van der Waals surface area (Å²) in [6.45, 7) is 2.38. The van der Waals surface area contributed by atoms with Gasteiger partial charge in [-0.3, -0.25) is 4.79 Å². The van der Waals surface area contributed by atoms with Gasteiger partial charge in [-0.2, -0.15) is 0 Å². The number of likely N-dealkylation sites (N-methyl/N-ethyl adjacent to an activating group) is 1. The number of nitrogen functional groups attached to an aromatic ring is 1. The molecular formula is C19H24N4O2. The van der Waals surface area contributed by atoms with Crippen molar-refractivity contribution < 1.29 is 9.59 Å². The van der Waals surface area contributed by atoms with Crippen molar-refractivity contribution in [2.24, 2.45) is 0 Å². The fraction of sp³-hybridized carbons (Fsp3) is 0.263. The second-order valence-corrected chi connectivity index (χ2v) is 5.75. The molecule has 2 aromatic rings. The molecule has 0 saturated carbocycles. The Balaban J connectivity index is 1.77. The van der Waals surface area contributed by atoms with Crippen LogP contribution in [0.5, 0.6) is 0 Å². The lowest BCUT2D eigenvalue weighted by molar-refractivity contribution is -0.117. The minimum Gasteiger partial charge on any atom is -0.399 e. The van der Waals surface area contributed by atoms with E-state index in [-0.39, 0.29) is 18.5 Å². The predicted molar refractivity (Wildman–Crippen MR) is 100 cm³/mol. The molecule has 0 bridgehead atoms. The van der Waals surface area contributed by atoms with Gasteiger partial charge in [-0.15, -0.1) is 0 Å². The van der Waals surface area contributed by atoms with E-state index < -0.39 is 0 Å². The average molecular weight is 340 g/mol. The zero-order chi connectivity index (χ0) is 18.2. The maximum absolute atomic E-state index is 12.2. The number of amides is 3. The maximum Gasteiger partial charge on any atom is 0.315 e. The first-order chi connectivity index (χ1) is 12.0. The highest BCUT2D eigenvalue weighted by Gasteiger charge is 2.12. The van der Waals surface area contributed by atoms with Crippen molar-refractivity contribution in [2.75, 3.05) is 24.2 Å². The summed E-state index contributed by atoms with van der Waals surface area (Å²) in [6.07, 6.45) is 0.952. The Kier molecular flexibility index (Phi) is 6.39. The molecule has 3 amide bonds. The Hall–Kier alpha value is -3.02. The third-order valence-corrected chi connectivity index (χ3v) is 3.94. The summed E-state index contributed by atoms with van der Waals surface area (Å²) >= 11 is 0. The minimum absolute atomic E-state index is 0.0698. The van der Waals surface area contributed by atoms with Crippen LogP contribution < -0.4 is 21.3 Å². The van der Waals surface area contributed by atoms with E-state index in [1.54, 1.807) is 19.2 Å². The van der Waals surface area contributed by atoms with Crippen molar-refractivity contribution in [3.8, 4) is 0 Å². The van der Waals surface area contributed by atoms with Crippen molar-refractivity contribution in [1.29, 1.82) is 0 Å². The predicted octanol–water partition coefficient (Wildman–Crippen LogP) is 2.29. The Morgan fingerprint density at radius 3 is 2.16 bits per heavy atom. The molecule has 0 aliphatic carbocycles. The van der Waals surface area contributed by atoms with Gasteiger partial charge in [0.05, 0.1) is 6.54 Å². The normalized spacial score (nSPS) is 10.2. The van der Waals surface area contributed by atoms with Gasteiger partial charge in [-0.1, -0.05) is 31.2 Å². The lowest BCUT2D eigenvalue weighted by atomic mass is 10.1. The van der Waals surface area contributed by atoms with Gasteiger partial charge in [0.25, 0.3) is 0 Å². The molecule has 0 fully saturated rings. The van der Waals surface area contributed by atoms with Crippen LogP contribution in [0.15, 0.2) is 48.5 Å². The largest absolute Gasteiger partial charge is 0.399 e. The molecule has 4 N–H and O–H groups in total. The Labute approximate surface area is 148 Å². The van der Waals surface area contributed by atoms with Gasteiger partial charge in [0.1, 0.15) is 0 Å². The topological polar surface area (TPSA) is 87.5 Å². The van der Waals surface area contributed by atoms with Crippen molar-refractivity contribution in [3.63, 3.8) is 0 Å². The van der Waals surface area contributed by atoms with Crippen LogP contribution >= 0.6 is 0 Å². The number of carbonyl (C=O) groups is 2. The highest BCUT2D eigenvalue weighted by Crippen LogP contribution is 2.14. The van der Waals surface area contributed by atoms with Crippen molar-refractivity contribution in [2.45, 2.75) is 19.9 Å². The summed E-state index contributed by atoms with van der Waals surface area (Å²) in [7, 11) is 1.69. The number of nitrogens with zero attached hydrogens (tertiary/aromatic N) is 1. The van der Waals surface area contributed by atoms with Crippen LogP contribution in [0.4, 0.5) is 16.2 Å². The van der Waals surface area contributed by atoms with Crippen LogP contribution in [0, 0.1) is 0 Å². The monoisotopic (exact) mass is 340 g/mol. The standard InChI is InChI=1S/C19H24N4O2/c1-3-14-6-10-17(11-7-14)23(2)18(24)13-22-19(25)21-12-15-4-8-16(20)9-5-15/h4-11H,3,12-13,20H2,1-2H3,(H2,21,22,25). The van der Waals surface area contributed by atoms with Crippen LogP contribution in [0.3, 0.4) is 0 Å². The zero-order valence-corrected chi connectivity index (χ0v) is 14.6. The molecule has 0 saturated heterocycles. The molecule has 0 heterocycles. The summed E-state index contributed by atoms with van der Waals surface area (Å²) in [5, 5.41) is 5.28. The smallest absolute Gasteiger partial charge is 0.315 e. The molecule has 2 aromatic carbocycles. The molecule has 0 aromatic heterocycles. The highest BCUT2D eigenvalue weighted by molar-refractivity contribution is 5.96. The van der Waals surface area contributed by atoms with Crippen LogP contribution in [0.1, 0.15) is 18.1 Å². The van der Waals surface area contributed by atoms with Crippen molar-refractivity contribution >= 4 is 23.3 Å². The Morgan fingerprint density at radius 2 is 1.56 bits per heavy atom. The van der Waals surface area contributed by atoms with Gasteiger partial charge in [0, 0.05) is 25.0 Å². The van der Waals surface area contributed by atoms with Crippen LogP contribution in [0.25, 0.3) is 0 Å². The van der Waals surface area contributed by atoms with Crippen molar-refractivity contribution in [1.82, 2.24) is 10.6 Å². The molecular weight excluding hydrogens is 316 g/mol. The highest BCUT2D eigenvalue weighted by atomic mass is 16.2. The number of rotatable bonds is 6. The molecule has 2 rings (SSSR count). The molecule has 0 aliphatic rings. The van der Waals surface area contributed by atoms with Gasteiger partial charge in [-0.25, -0.2) is 4.79 Å². The zero-order valence-electron chi connectivity index (χ0n) is 14.6. The van der Waals surface area contributed by atoms with E-state index in [1.165, 1.54) is 10.5 Å². The molecule has 0 aliphatic heterocycles. The molecule has 0 radical (unpaired) electrons. The third-order valence-electron chi connectivity index (χ3n) is 3.94. The van der Waals surface area contributed by atoms with Gasteiger partial charge >= 0.3 is 6.03 Å². The first-order valence-corrected chi connectivity index (χ1v) is 8.21. The van der Waals surface area contributed by atoms with E-state index in [0.717, 1.165) is 17.7 Å². The SMILES string of the molecule is CCc1ccc(N(C)C(=O)CNC(=O)NCc2ccc(N)cc2)cc1. The molecule has 0 spiro atoms. The Morgan fingerprint density at radius 1 is 0.960 bits per heavy atom. The molecule has 0 atom stereocenters. The molecule has 0 unspecified atom stereocenters. The average Bonchev–Trinajstić information content (AvgIpc) is 2.65. The Bertz CT molecular complexity index is 711. The van der Waals surface area contributed by atoms with E-state index in [1.807, 2.05) is 36.4 Å². The fourth-order valence-electron chi connectivity index (χ4n) is 2.25.